The summed E-state index contributed by atoms with van der Waals surface area (Å²) >= 11 is 0. The molecule has 31 heavy (non-hydrogen) atoms. The lowest BCUT2D eigenvalue weighted by Gasteiger charge is -2.17. The molecule has 0 saturated heterocycles. The third kappa shape index (κ3) is 7.22. The number of aromatic nitrogens is 2. The average molecular weight is 448 g/mol. The van der Waals surface area contributed by atoms with Gasteiger partial charge in [0.15, 0.2) is 0 Å². The molecule has 0 spiro atoms. The molecule has 1 aliphatic carbocycles. The lowest BCUT2D eigenvalue weighted by molar-refractivity contribution is 0.210. The van der Waals surface area contributed by atoms with Crippen LogP contribution in [0, 0.1) is 0 Å². The van der Waals surface area contributed by atoms with Crippen molar-refractivity contribution >= 4 is 10.0 Å². The van der Waals surface area contributed by atoms with E-state index in [0.717, 1.165) is 24.2 Å². The molecule has 1 aromatic heterocycles. The molecule has 0 aliphatic heterocycles. The molecule has 0 bridgehead atoms. The minimum Gasteiger partial charge on any atom is -0.490 e. The van der Waals surface area contributed by atoms with Crippen molar-refractivity contribution in [2.45, 2.75) is 57.7 Å². The standard InChI is InChI=1S/C22H29N3O5S/c1-17(18-8-7-11-20(16-18)30-19-9-3-4-10-19)24-31(28,29)15-6-2-5-13-25-14-12-21(26)23-22(25)27/h2,5,7-8,11-12,14,16-17,19,24H,3-4,6,9-10,13,15H2,1H3,(H,23,26,27)/b5-2+/t17-/m1/s1. The van der Waals surface area contributed by atoms with E-state index in [-0.39, 0.29) is 24.4 Å². The van der Waals surface area contributed by atoms with Crippen molar-refractivity contribution in [1.82, 2.24) is 14.3 Å². The van der Waals surface area contributed by atoms with Crippen LogP contribution >= 0.6 is 0 Å². The molecule has 0 unspecified atom stereocenters. The number of nitrogens with zero attached hydrogens (tertiary/aromatic N) is 1. The van der Waals surface area contributed by atoms with Crippen LogP contribution in [0.15, 0.2) is 58.3 Å². The van der Waals surface area contributed by atoms with Crippen molar-refractivity contribution in [1.29, 1.82) is 0 Å². The summed E-state index contributed by atoms with van der Waals surface area (Å²) in [6.07, 6.45) is 9.88. The van der Waals surface area contributed by atoms with Gasteiger partial charge in [-0.15, -0.1) is 0 Å². The SMILES string of the molecule is C[C@@H](NS(=O)(=O)CC/C=C/Cn1ccc(=O)[nH]c1=O)c1cccc(OC2CCCC2)c1. The second-order valence-corrected chi connectivity index (χ2v) is 9.65. The molecule has 1 aliphatic rings. The normalized spacial score (nSPS) is 16.0. The van der Waals surface area contributed by atoms with Crippen LogP contribution in [0.3, 0.4) is 0 Å². The minimum absolute atomic E-state index is 0.0629. The molecule has 0 amide bonds. The van der Waals surface area contributed by atoms with E-state index in [9.17, 15) is 18.0 Å². The van der Waals surface area contributed by atoms with Crippen molar-refractivity contribution < 1.29 is 13.2 Å². The summed E-state index contributed by atoms with van der Waals surface area (Å²) in [5.41, 5.74) is -0.0985. The first kappa shape index (κ1) is 23.0. The molecule has 168 valence electrons. The molecule has 8 nitrogen and oxygen atoms in total. The van der Waals surface area contributed by atoms with Gasteiger partial charge in [0.1, 0.15) is 5.75 Å². The highest BCUT2D eigenvalue weighted by Gasteiger charge is 2.18. The van der Waals surface area contributed by atoms with Crippen LogP contribution in [0.1, 0.15) is 50.6 Å². The van der Waals surface area contributed by atoms with Gasteiger partial charge >= 0.3 is 5.69 Å². The Morgan fingerprint density at radius 3 is 2.74 bits per heavy atom. The summed E-state index contributed by atoms with van der Waals surface area (Å²) in [6.45, 7) is 2.07. The second-order valence-electron chi connectivity index (χ2n) is 7.78. The summed E-state index contributed by atoms with van der Waals surface area (Å²) < 4.78 is 34.9. The molecule has 2 N–H and O–H groups in total. The number of H-pyrrole nitrogens is 1. The van der Waals surface area contributed by atoms with Crippen molar-refractivity contribution in [3.05, 3.63) is 75.1 Å². The molecular formula is C22H29N3O5S. The van der Waals surface area contributed by atoms with Gasteiger partial charge in [0.2, 0.25) is 10.0 Å². The highest BCUT2D eigenvalue weighted by atomic mass is 32.2. The Morgan fingerprint density at radius 2 is 2.00 bits per heavy atom. The van der Waals surface area contributed by atoms with E-state index < -0.39 is 21.3 Å². The van der Waals surface area contributed by atoms with Crippen molar-refractivity contribution in [2.75, 3.05) is 5.75 Å². The van der Waals surface area contributed by atoms with Gasteiger partial charge in [0.25, 0.3) is 5.56 Å². The van der Waals surface area contributed by atoms with Gasteiger partial charge in [-0.1, -0.05) is 24.3 Å². The molecule has 3 rings (SSSR count). The zero-order valence-electron chi connectivity index (χ0n) is 17.6. The predicted octanol–water partition coefficient (Wildman–Crippen LogP) is 2.48. The fourth-order valence-electron chi connectivity index (χ4n) is 3.57. The van der Waals surface area contributed by atoms with Gasteiger partial charge in [-0.3, -0.25) is 14.3 Å². The third-order valence-electron chi connectivity index (χ3n) is 5.24. The highest BCUT2D eigenvalue weighted by molar-refractivity contribution is 7.89. The first-order chi connectivity index (χ1) is 14.8. The van der Waals surface area contributed by atoms with Gasteiger partial charge < -0.3 is 4.74 Å². The maximum atomic E-state index is 12.4. The third-order valence-corrected chi connectivity index (χ3v) is 6.72. The first-order valence-electron chi connectivity index (χ1n) is 10.5. The van der Waals surface area contributed by atoms with Crippen molar-refractivity contribution in [3.8, 4) is 5.75 Å². The molecule has 1 fully saturated rings. The molecule has 1 atom stereocenters. The number of allylic oxidation sites excluding steroid dienone is 2. The van der Waals surface area contributed by atoms with E-state index >= 15 is 0 Å². The lowest BCUT2D eigenvalue weighted by Crippen LogP contribution is -2.29. The molecule has 1 heterocycles. The molecule has 1 saturated carbocycles. The highest BCUT2D eigenvalue weighted by Crippen LogP contribution is 2.26. The average Bonchev–Trinajstić information content (AvgIpc) is 3.22. The Kier molecular flexibility index (Phi) is 7.86. The number of benzene rings is 1. The fourth-order valence-corrected chi connectivity index (χ4v) is 4.81. The largest absolute Gasteiger partial charge is 0.490 e. The van der Waals surface area contributed by atoms with Crippen LogP contribution in [0.4, 0.5) is 0 Å². The smallest absolute Gasteiger partial charge is 0.328 e. The fraction of sp³-hybridized carbons (Fsp3) is 0.455. The van der Waals surface area contributed by atoms with Crippen LogP contribution in [-0.4, -0.2) is 29.8 Å². The van der Waals surface area contributed by atoms with Crippen LogP contribution in [-0.2, 0) is 16.6 Å². The zero-order valence-corrected chi connectivity index (χ0v) is 18.4. The number of hydrogen-bond acceptors (Lipinski definition) is 5. The topological polar surface area (TPSA) is 110 Å². The van der Waals surface area contributed by atoms with E-state index in [2.05, 4.69) is 9.71 Å². The van der Waals surface area contributed by atoms with Gasteiger partial charge in [0.05, 0.1) is 11.9 Å². The van der Waals surface area contributed by atoms with E-state index in [1.54, 1.807) is 12.2 Å². The molecule has 1 aromatic carbocycles. The minimum atomic E-state index is -3.48. The summed E-state index contributed by atoms with van der Waals surface area (Å²) in [5, 5.41) is 0. The van der Waals surface area contributed by atoms with E-state index in [4.69, 9.17) is 4.74 Å². The quantitative estimate of drug-likeness (QED) is 0.544. The number of ether oxygens (including phenoxy) is 1. The van der Waals surface area contributed by atoms with Gasteiger partial charge in [-0.05, 0) is 56.7 Å². The Hall–Kier alpha value is -2.65. The summed E-state index contributed by atoms with van der Waals surface area (Å²) in [6, 6.07) is 8.46. The number of nitrogens with one attached hydrogen (secondary N) is 2. The van der Waals surface area contributed by atoms with E-state index in [1.165, 1.54) is 29.7 Å². The Morgan fingerprint density at radius 1 is 1.23 bits per heavy atom. The maximum Gasteiger partial charge on any atom is 0.328 e. The monoisotopic (exact) mass is 447 g/mol. The number of hydrogen-bond donors (Lipinski definition) is 2. The molecule has 2 aromatic rings. The van der Waals surface area contributed by atoms with Crippen LogP contribution in [0.5, 0.6) is 5.75 Å². The lowest BCUT2D eigenvalue weighted by atomic mass is 10.1. The Balaban J connectivity index is 1.49. The number of sulfonamides is 1. The Bertz CT molecular complexity index is 1110. The molecule has 0 radical (unpaired) electrons. The summed E-state index contributed by atoms with van der Waals surface area (Å²) in [4.78, 5) is 24.8. The second kappa shape index (κ2) is 10.6. The number of rotatable bonds is 10. The van der Waals surface area contributed by atoms with Crippen molar-refractivity contribution in [2.24, 2.45) is 0 Å². The van der Waals surface area contributed by atoms with Gasteiger partial charge in [-0.2, -0.15) is 0 Å². The predicted molar refractivity (Wildman–Crippen MR) is 120 cm³/mol. The maximum absolute atomic E-state index is 12.4. The zero-order chi connectivity index (χ0) is 22.3. The Labute approximate surface area is 182 Å². The summed E-state index contributed by atoms with van der Waals surface area (Å²) in [7, 11) is -3.48. The first-order valence-corrected chi connectivity index (χ1v) is 12.2. The molecular weight excluding hydrogens is 418 g/mol. The number of aromatic amines is 1. The molecule has 9 heteroatoms. The van der Waals surface area contributed by atoms with Crippen molar-refractivity contribution in [3.63, 3.8) is 0 Å². The summed E-state index contributed by atoms with van der Waals surface area (Å²) in [5.74, 6) is 0.711. The van der Waals surface area contributed by atoms with Gasteiger partial charge in [0, 0.05) is 24.8 Å². The van der Waals surface area contributed by atoms with Crippen LogP contribution in [0.25, 0.3) is 0 Å². The van der Waals surface area contributed by atoms with Gasteiger partial charge in [-0.25, -0.2) is 17.9 Å². The van der Waals surface area contributed by atoms with Crippen LogP contribution in [0.2, 0.25) is 0 Å². The van der Waals surface area contributed by atoms with Crippen LogP contribution < -0.4 is 20.7 Å². The van der Waals surface area contributed by atoms with E-state index in [1.807, 2.05) is 31.2 Å². The van der Waals surface area contributed by atoms with E-state index in [0.29, 0.717) is 6.42 Å².